The molecule has 2 fully saturated rings. The number of likely N-dealkylation sites (tertiary alicyclic amines) is 1. The predicted molar refractivity (Wildman–Crippen MR) is 94.2 cm³/mol. The molecule has 1 saturated heterocycles. The zero-order chi connectivity index (χ0) is 17.7. The maximum atomic E-state index is 13.9. The fraction of sp³-hybridized carbons (Fsp3) is 0.600. The van der Waals surface area contributed by atoms with Gasteiger partial charge in [0.1, 0.15) is 0 Å². The van der Waals surface area contributed by atoms with E-state index in [4.69, 9.17) is 0 Å². The minimum absolute atomic E-state index is 0. The molecule has 25 heavy (non-hydrogen) atoms. The Hall–Kier alpha value is -0.840. The Morgan fingerprint density at radius 1 is 1.40 bits per heavy atom. The van der Waals surface area contributed by atoms with Gasteiger partial charge in [-0.3, -0.25) is 4.79 Å². The Kier molecular flexibility index (Phi) is 8.66. The van der Waals surface area contributed by atoms with Crippen LogP contribution in [0.25, 0.3) is 0 Å². The number of amides is 1. The Balaban J connectivity index is 0.000000462. The van der Waals surface area contributed by atoms with Crippen LogP contribution in [0, 0.1) is 24.1 Å². The number of phenolic OH excluding ortho intramolecular Hbond substituents is 1. The largest absolute Gasteiger partial charge is 0.505 e. The van der Waals surface area contributed by atoms with Crippen molar-refractivity contribution in [3.8, 4) is 5.75 Å². The molecule has 1 saturated carbocycles. The van der Waals surface area contributed by atoms with Gasteiger partial charge >= 0.3 is 0 Å². The fourth-order valence-electron chi connectivity index (χ4n) is 3.60. The minimum Gasteiger partial charge on any atom is -0.505 e. The van der Waals surface area contributed by atoms with Crippen molar-refractivity contribution in [3.05, 3.63) is 36.5 Å². The summed E-state index contributed by atoms with van der Waals surface area (Å²) >= 11 is 0. The van der Waals surface area contributed by atoms with Gasteiger partial charge in [0.05, 0.1) is 0 Å². The molecule has 1 unspecified atom stereocenters. The minimum atomic E-state index is -0.466. The summed E-state index contributed by atoms with van der Waals surface area (Å²) in [5.41, 5.74) is 0.923. The van der Waals surface area contributed by atoms with E-state index in [9.17, 15) is 14.3 Å². The van der Waals surface area contributed by atoms with Gasteiger partial charge in [-0.2, -0.15) is 5.92 Å². The summed E-state index contributed by atoms with van der Waals surface area (Å²) in [5, 5.41) is 9.44. The normalized spacial score (nSPS) is 19.9. The Bertz CT molecular complexity index is 549. The summed E-state index contributed by atoms with van der Waals surface area (Å²) in [6.07, 6.45) is 6.06. The van der Waals surface area contributed by atoms with Crippen molar-refractivity contribution < 1.29 is 36.7 Å². The maximum Gasteiger partial charge on any atom is 0.209 e. The van der Waals surface area contributed by atoms with Gasteiger partial charge in [0.15, 0.2) is 11.6 Å². The van der Waals surface area contributed by atoms with Gasteiger partial charge < -0.3 is 16.9 Å². The number of aromatic hydroxyl groups is 1. The van der Waals surface area contributed by atoms with E-state index < -0.39 is 5.82 Å². The molecule has 1 heterocycles. The van der Waals surface area contributed by atoms with E-state index in [-0.39, 0.29) is 39.5 Å². The summed E-state index contributed by atoms with van der Waals surface area (Å²) in [6, 6.07) is 4.86. The third-order valence-corrected chi connectivity index (χ3v) is 5.42. The van der Waals surface area contributed by atoms with Gasteiger partial charge in [0.25, 0.3) is 0 Å². The van der Waals surface area contributed by atoms with Gasteiger partial charge in [-0.05, 0) is 43.2 Å². The molecule has 5 heteroatoms. The average molecular weight is 427 g/mol. The molecule has 1 aliphatic heterocycles. The molecular formula is C20H29FNNbO2-. The molecule has 0 aromatic heterocycles. The Labute approximate surface area is 166 Å². The van der Waals surface area contributed by atoms with E-state index in [2.05, 4.69) is 20.8 Å². The Morgan fingerprint density at radius 3 is 2.44 bits per heavy atom. The van der Waals surface area contributed by atoms with Crippen molar-refractivity contribution in [1.82, 2.24) is 4.90 Å². The van der Waals surface area contributed by atoms with Crippen LogP contribution in [0.5, 0.6) is 5.75 Å². The number of carbonyl (C=O) groups excluding carboxylic acids is 1. The molecule has 1 amide bonds. The average Bonchev–Trinajstić information content (AvgIpc) is 2.56. The number of hydrogen-bond acceptors (Lipinski definition) is 2. The third-order valence-electron chi connectivity index (χ3n) is 5.42. The zero-order valence-corrected chi connectivity index (χ0v) is 17.4. The molecule has 1 N–H and O–H groups in total. The third kappa shape index (κ3) is 5.57. The first-order valence-corrected chi connectivity index (χ1v) is 8.90. The molecule has 3 rings (SSSR count). The molecule has 139 valence electrons. The van der Waals surface area contributed by atoms with Crippen molar-refractivity contribution in [1.29, 1.82) is 0 Å². The molecule has 3 nitrogen and oxygen atoms in total. The number of hydrogen-bond donors (Lipinski definition) is 1. The van der Waals surface area contributed by atoms with Crippen LogP contribution in [0.3, 0.4) is 0 Å². The van der Waals surface area contributed by atoms with E-state index in [1.54, 1.807) is 17.0 Å². The topological polar surface area (TPSA) is 40.5 Å². The summed E-state index contributed by atoms with van der Waals surface area (Å²) in [4.78, 5) is 12.4. The number of carbonyl (C=O) groups is 1. The summed E-state index contributed by atoms with van der Waals surface area (Å²) in [5.74, 6) is 0.109. The molecule has 1 aromatic rings. The number of phenols is 1. The van der Waals surface area contributed by atoms with Crippen LogP contribution in [-0.4, -0.2) is 29.5 Å². The second-order valence-corrected chi connectivity index (χ2v) is 7.48. The van der Waals surface area contributed by atoms with Crippen molar-refractivity contribution in [3.63, 3.8) is 0 Å². The van der Waals surface area contributed by atoms with Crippen LogP contribution >= 0.6 is 0 Å². The summed E-state index contributed by atoms with van der Waals surface area (Å²) in [7, 11) is 0. The van der Waals surface area contributed by atoms with Crippen molar-refractivity contribution in [2.75, 3.05) is 13.1 Å². The van der Waals surface area contributed by atoms with E-state index >= 15 is 0 Å². The SMILES string of the molecule is O=CN1CC2(CCC(c3cccc(O)c3F)CC2)C1.[CH2-]C(C)CC.[Nb]. The van der Waals surface area contributed by atoms with Crippen LogP contribution in [0.15, 0.2) is 18.2 Å². The molecule has 0 bridgehead atoms. The second kappa shape index (κ2) is 9.75. The summed E-state index contributed by atoms with van der Waals surface area (Å²) < 4.78 is 13.9. The molecule has 1 aromatic carbocycles. The summed E-state index contributed by atoms with van der Waals surface area (Å²) in [6.45, 7) is 9.71. The van der Waals surface area contributed by atoms with E-state index in [0.717, 1.165) is 45.2 Å². The number of rotatable bonds is 3. The standard InChI is InChI=1S/C15H18FNO2.C5H11.Nb/c16-14-12(2-1-3-13(14)19)11-4-6-15(7-5-11)8-17(9-15)10-18;1-4-5(2)3;/h1-3,10-11,19H,4-9H2;5H,2,4H2,1,3H3;/q;-1;. The fourth-order valence-corrected chi connectivity index (χ4v) is 3.60. The van der Waals surface area contributed by atoms with Gasteiger partial charge in [-0.25, -0.2) is 4.39 Å². The molecule has 1 aliphatic carbocycles. The monoisotopic (exact) mass is 427 g/mol. The number of halogens is 1. The van der Waals surface area contributed by atoms with Crippen LogP contribution in [0.2, 0.25) is 0 Å². The van der Waals surface area contributed by atoms with Gasteiger partial charge in [0.2, 0.25) is 6.41 Å². The molecule has 1 atom stereocenters. The molecule has 2 aliphatic rings. The van der Waals surface area contributed by atoms with E-state index in [1.807, 2.05) is 0 Å². The quantitative estimate of drug-likeness (QED) is 0.438. The molecular weight excluding hydrogens is 398 g/mol. The number of benzene rings is 1. The molecule has 1 radical (unpaired) electrons. The van der Waals surface area contributed by atoms with Crippen molar-refractivity contribution in [2.45, 2.75) is 51.9 Å². The van der Waals surface area contributed by atoms with Crippen molar-refractivity contribution >= 4 is 6.41 Å². The molecule has 1 spiro atoms. The van der Waals surface area contributed by atoms with Gasteiger partial charge in [-0.15, -0.1) is 0 Å². The Morgan fingerprint density at radius 2 is 1.96 bits per heavy atom. The predicted octanol–water partition coefficient (Wildman–Crippen LogP) is 4.51. The first kappa shape index (κ1) is 22.2. The van der Waals surface area contributed by atoms with Crippen LogP contribution in [-0.2, 0) is 27.2 Å². The van der Waals surface area contributed by atoms with Gasteiger partial charge in [0, 0.05) is 40.9 Å². The van der Waals surface area contributed by atoms with Crippen LogP contribution in [0.1, 0.15) is 57.4 Å². The van der Waals surface area contributed by atoms with Crippen LogP contribution in [0.4, 0.5) is 4.39 Å². The van der Waals surface area contributed by atoms with Gasteiger partial charge in [-0.1, -0.05) is 32.4 Å². The first-order valence-electron chi connectivity index (χ1n) is 8.90. The van der Waals surface area contributed by atoms with E-state index in [1.165, 1.54) is 12.5 Å². The smallest absolute Gasteiger partial charge is 0.209 e. The van der Waals surface area contributed by atoms with Crippen molar-refractivity contribution in [2.24, 2.45) is 11.3 Å². The maximum absolute atomic E-state index is 13.9. The van der Waals surface area contributed by atoms with Crippen LogP contribution < -0.4 is 0 Å². The number of nitrogens with zero attached hydrogens (tertiary/aromatic N) is 1. The van der Waals surface area contributed by atoms with E-state index in [0.29, 0.717) is 11.5 Å². The second-order valence-electron chi connectivity index (χ2n) is 7.48. The zero-order valence-electron chi connectivity index (χ0n) is 15.2. The first-order chi connectivity index (χ1) is 11.4.